The molecule has 0 N–H and O–H groups in total. The predicted octanol–water partition coefficient (Wildman–Crippen LogP) is 4.66. The van der Waals surface area contributed by atoms with Crippen molar-refractivity contribution in [2.75, 3.05) is 26.2 Å². The lowest BCUT2D eigenvalue weighted by Crippen LogP contribution is -2.52. The van der Waals surface area contributed by atoms with Crippen LogP contribution in [0.5, 0.6) is 0 Å². The zero-order valence-electron chi connectivity index (χ0n) is 23.2. The van der Waals surface area contributed by atoms with E-state index in [9.17, 15) is 18.9 Å². The lowest BCUT2D eigenvalue weighted by molar-refractivity contribution is -0.185. The first-order valence-electron chi connectivity index (χ1n) is 12.9. The number of benzene rings is 2. The Morgan fingerprint density at radius 3 is 2.17 bits per heavy atom. The first kappa shape index (κ1) is 31.4. The summed E-state index contributed by atoms with van der Waals surface area (Å²) in [6.07, 6.45) is -4.36. The zero-order valence-corrected chi connectivity index (χ0v) is 24.1. The van der Waals surface area contributed by atoms with Crippen LogP contribution in [0, 0.1) is 6.92 Å². The predicted molar refractivity (Wildman–Crippen MR) is 143 cm³/mol. The normalized spacial score (nSPS) is 22.5. The standard InChI is InChI=1S/C28H35O11P/c1-6-35-40(32,36-7-2)18-34-27-24(37-20(4)29)28(5,39-25(30)21-14-9-8-10-15-21)23(38-27)17-33-26(31)22-16-12-11-13-19(22)3/h8-16,23-24,27H,6-7,17-18H2,1-5H3/t23-,24?,27-,28-/m0/s1. The van der Waals surface area contributed by atoms with Gasteiger partial charge in [0, 0.05) is 6.92 Å². The van der Waals surface area contributed by atoms with Crippen LogP contribution < -0.4 is 0 Å². The van der Waals surface area contributed by atoms with Gasteiger partial charge in [-0.1, -0.05) is 36.4 Å². The van der Waals surface area contributed by atoms with Crippen molar-refractivity contribution in [3.8, 4) is 0 Å². The maximum absolute atomic E-state index is 13.1. The summed E-state index contributed by atoms with van der Waals surface area (Å²) in [7, 11) is -3.68. The second-order valence-electron chi connectivity index (χ2n) is 9.12. The zero-order chi connectivity index (χ0) is 29.3. The van der Waals surface area contributed by atoms with Crippen molar-refractivity contribution in [1.82, 2.24) is 0 Å². The molecule has 12 heteroatoms. The molecule has 0 amide bonds. The molecule has 1 fully saturated rings. The second-order valence-corrected chi connectivity index (χ2v) is 11.1. The Bertz CT molecular complexity index is 1210. The van der Waals surface area contributed by atoms with Gasteiger partial charge >= 0.3 is 25.5 Å². The van der Waals surface area contributed by atoms with E-state index in [4.69, 9.17) is 32.7 Å². The fourth-order valence-corrected chi connectivity index (χ4v) is 5.50. The van der Waals surface area contributed by atoms with Gasteiger partial charge in [0.15, 0.2) is 24.3 Å². The Hall–Kier alpha value is -3.08. The maximum Gasteiger partial charge on any atom is 0.356 e. The molecule has 40 heavy (non-hydrogen) atoms. The summed E-state index contributed by atoms with van der Waals surface area (Å²) in [5, 5.41) is 0. The van der Waals surface area contributed by atoms with E-state index in [1.165, 1.54) is 13.8 Å². The summed E-state index contributed by atoms with van der Waals surface area (Å²) in [6.45, 7) is 7.56. The Morgan fingerprint density at radius 2 is 1.57 bits per heavy atom. The molecule has 1 heterocycles. The van der Waals surface area contributed by atoms with Crippen molar-refractivity contribution in [2.45, 2.75) is 58.7 Å². The van der Waals surface area contributed by atoms with Gasteiger partial charge in [-0.05, 0) is 51.5 Å². The van der Waals surface area contributed by atoms with E-state index in [-0.39, 0.29) is 25.4 Å². The molecule has 0 radical (unpaired) electrons. The van der Waals surface area contributed by atoms with E-state index < -0.39 is 56.0 Å². The molecule has 1 saturated heterocycles. The molecule has 0 bridgehead atoms. The number of carbonyl (C=O) groups is 3. The SMILES string of the molecule is CCOP(=O)(CO[C@H]1O[C@@H](COC(=O)c2ccccc2C)[C@](C)(OC(=O)c2ccccc2)C1OC(C)=O)OCC. The lowest BCUT2D eigenvalue weighted by Gasteiger charge is -2.33. The van der Waals surface area contributed by atoms with E-state index in [1.807, 2.05) is 0 Å². The molecule has 1 aliphatic heterocycles. The van der Waals surface area contributed by atoms with Crippen LogP contribution in [-0.2, 0) is 42.1 Å². The van der Waals surface area contributed by atoms with Gasteiger partial charge in [0.1, 0.15) is 12.7 Å². The minimum absolute atomic E-state index is 0.101. The molecule has 0 aromatic heterocycles. The smallest absolute Gasteiger partial charge is 0.356 e. The second kappa shape index (κ2) is 14.0. The topological polar surface area (TPSA) is 133 Å². The van der Waals surface area contributed by atoms with Gasteiger partial charge in [-0.2, -0.15) is 0 Å². The third kappa shape index (κ3) is 7.77. The quantitative estimate of drug-likeness (QED) is 0.187. The summed E-state index contributed by atoms with van der Waals surface area (Å²) in [6, 6.07) is 15.1. The summed E-state index contributed by atoms with van der Waals surface area (Å²) in [5.41, 5.74) is -0.388. The number of rotatable bonds is 13. The van der Waals surface area contributed by atoms with Crippen LogP contribution >= 0.6 is 7.60 Å². The van der Waals surface area contributed by atoms with E-state index in [0.717, 1.165) is 0 Å². The Labute approximate surface area is 233 Å². The van der Waals surface area contributed by atoms with Crippen molar-refractivity contribution >= 4 is 25.5 Å². The van der Waals surface area contributed by atoms with Crippen LogP contribution in [0.2, 0.25) is 0 Å². The Morgan fingerprint density at radius 1 is 0.950 bits per heavy atom. The minimum Gasteiger partial charge on any atom is -0.459 e. The minimum atomic E-state index is -3.68. The van der Waals surface area contributed by atoms with Gasteiger partial charge in [0.25, 0.3) is 0 Å². The number of ether oxygens (including phenoxy) is 5. The van der Waals surface area contributed by atoms with E-state index in [2.05, 4.69) is 0 Å². The fraction of sp³-hybridized carbons (Fsp3) is 0.464. The molecule has 0 spiro atoms. The molecule has 218 valence electrons. The van der Waals surface area contributed by atoms with E-state index in [1.54, 1.807) is 75.4 Å². The molecule has 4 atom stereocenters. The molecule has 2 aromatic carbocycles. The van der Waals surface area contributed by atoms with Crippen LogP contribution in [0.3, 0.4) is 0 Å². The van der Waals surface area contributed by atoms with Gasteiger partial charge < -0.3 is 32.7 Å². The summed E-state index contributed by atoms with van der Waals surface area (Å²) in [5.74, 6) is -2.06. The number of esters is 3. The van der Waals surface area contributed by atoms with Gasteiger partial charge in [0.2, 0.25) is 0 Å². The van der Waals surface area contributed by atoms with Crippen LogP contribution in [0.25, 0.3) is 0 Å². The van der Waals surface area contributed by atoms with Crippen LogP contribution in [0.1, 0.15) is 54.0 Å². The average Bonchev–Trinajstić information content (AvgIpc) is 3.16. The van der Waals surface area contributed by atoms with Crippen LogP contribution in [0.4, 0.5) is 0 Å². The maximum atomic E-state index is 13.1. The molecule has 1 unspecified atom stereocenters. The van der Waals surface area contributed by atoms with Crippen molar-refractivity contribution in [1.29, 1.82) is 0 Å². The number of aryl methyl sites for hydroxylation is 1. The first-order valence-corrected chi connectivity index (χ1v) is 14.6. The fourth-order valence-electron chi connectivity index (χ4n) is 4.16. The highest BCUT2D eigenvalue weighted by atomic mass is 31.2. The van der Waals surface area contributed by atoms with Crippen LogP contribution in [0.15, 0.2) is 54.6 Å². The molecule has 0 aliphatic carbocycles. The van der Waals surface area contributed by atoms with Gasteiger partial charge in [-0.3, -0.25) is 9.36 Å². The largest absolute Gasteiger partial charge is 0.459 e. The molecule has 0 saturated carbocycles. The number of carbonyl (C=O) groups excluding carboxylic acids is 3. The van der Waals surface area contributed by atoms with Gasteiger partial charge in [-0.15, -0.1) is 0 Å². The van der Waals surface area contributed by atoms with E-state index in [0.29, 0.717) is 11.1 Å². The van der Waals surface area contributed by atoms with Crippen molar-refractivity contribution < 1.29 is 51.7 Å². The highest BCUT2D eigenvalue weighted by molar-refractivity contribution is 7.53. The monoisotopic (exact) mass is 578 g/mol. The molecule has 1 aliphatic rings. The van der Waals surface area contributed by atoms with Crippen LogP contribution in [-0.4, -0.2) is 68.2 Å². The highest BCUT2D eigenvalue weighted by Gasteiger charge is 2.60. The van der Waals surface area contributed by atoms with Crippen molar-refractivity contribution in [2.24, 2.45) is 0 Å². The molecular formula is C28H35O11P. The average molecular weight is 579 g/mol. The Balaban J connectivity index is 1.91. The summed E-state index contributed by atoms with van der Waals surface area (Å²) < 4.78 is 52.3. The van der Waals surface area contributed by atoms with Gasteiger partial charge in [0.05, 0.1) is 24.3 Å². The summed E-state index contributed by atoms with van der Waals surface area (Å²) in [4.78, 5) is 38.1. The van der Waals surface area contributed by atoms with Gasteiger partial charge in [-0.25, -0.2) is 9.59 Å². The molecule has 11 nitrogen and oxygen atoms in total. The summed E-state index contributed by atoms with van der Waals surface area (Å²) >= 11 is 0. The molecule has 2 aromatic rings. The van der Waals surface area contributed by atoms with Crippen molar-refractivity contribution in [3.63, 3.8) is 0 Å². The van der Waals surface area contributed by atoms with Crippen molar-refractivity contribution in [3.05, 3.63) is 71.3 Å². The third-order valence-electron chi connectivity index (χ3n) is 6.14. The highest BCUT2D eigenvalue weighted by Crippen LogP contribution is 2.49. The molecule has 3 rings (SSSR count). The van der Waals surface area contributed by atoms with E-state index >= 15 is 0 Å². The number of hydrogen-bond acceptors (Lipinski definition) is 11. The Kier molecular flexibility index (Phi) is 11.0. The first-order chi connectivity index (χ1) is 19.0. The third-order valence-corrected chi connectivity index (χ3v) is 7.91. The lowest BCUT2D eigenvalue weighted by atomic mass is 9.94. The molecular weight excluding hydrogens is 543 g/mol. The number of hydrogen-bond donors (Lipinski definition) is 0.